The minimum Gasteiger partial charge on any atom is -0.442 e. The Labute approximate surface area is 177 Å². The number of esters is 1. The molecule has 1 unspecified atom stereocenters. The molecule has 1 heterocycles. The van der Waals surface area contributed by atoms with E-state index in [9.17, 15) is 9.59 Å². The molecule has 0 saturated heterocycles. The molecule has 0 radical (unpaired) electrons. The fraction of sp³-hybridized carbons (Fsp3) is 0.750. The lowest BCUT2D eigenvalue weighted by molar-refractivity contribution is -0.155. The summed E-state index contributed by atoms with van der Waals surface area (Å²) in [4.78, 5) is 25.1. The zero-order valence-electron chi connectivity index (χ0n) is 18.7. The molecule has 0 aromatic heterocycles. The van der Waals surface area contributed by atoms with Crippen molar-refractivity contribution >= 4 is 11.9 Å². The second-order valence-corrected chi connectivity index (χ2v) is 8.15. The van der Waals surface area contributed by atoms with E-state index in [1.165, 1.54) is 70.6 Å². The Balaban J connectivity index is 1.96. The number of nitrogens with zero attached hydrogens (tertiary/aromatic N) is 1. The van der Waals surface area contributed by atoms with Crippen molar-refractivity contribution in [3.8, 4) is 0 Å². The summed E-state index contributed by atoms with van der Waals surface area (Å²) in [5, 5.41) is 0. The van der Waals surface area contributed by atoms with Gasteiger partial charge >= 0.3 is 5.97 Å². The van der Waals surface area contributed by atoms with Crippen LogP contribution in [0.25, 0.3) is 0 Å². The number of nitrogens with two attached hydrogens (primary N) is 1. The summed E-state index contributed by atoms with van der Waals surface area (Å²) in [7, 11) is 0. The van der Waals surface area contributed by atoms with Crippen molar-refractivity contribution in [3.63, 3.8) is 0 Å². The van der Waals surface area contributed by atoms with Crippen LogP contribution in [0.2, 0.25) is 0 Å². The average Bonchev–Trinajstić information content (AvgIpc) is 2.71. The summed E-state index contributed by atoms with van der Waals surface area (Å²) in [6, 6.07) is 0. The van der Waals surface area contributed by atoms with Crippen molar-refractivity contribution < 1.29 is 14.3 Å². The largest absolute Gasteiger partial charge is 0.442 e. The third kappa shape index (κ3) is 12.4. The Morgan fingerprint density at radius 2 is 1.48 bits per heavy atom. The second kappa shape index (κ2) is 16.1. The topological polar surface area (TPSA) is 72.6 Å². The highest BCUT2D eigenvalue weighted by atomic mass is 16.6. The smallest absolute Gasteiger partial charge is 0.307 e. The van der Waals surface area contributed by atoms with Crippen LogP contribution in [0.5, 0.6) is 0 Å². The van der Waals surface area contributed by atoms with Crippen LogP contribution in [0.3, 0.4) is 0 Å². The fourth-order valence-electron chi connectivity index (χ4n) is 3.59. The van der Waals surface area contributed by atoms with Crippen LogP contribution in [-0.2, 0) is 14.3 Å². The number of hydrogen-bond acceptors (Lipinski definition) is 4. The van der Waals surface area contributed by atoms with Crippen LogP contribution in [0.15, 0.2) is 23.9 Å². The first-order valence-corrected chi connectivity index (χ1v) is 11.7. The van der Waals surface area contributed by atoms with Gasteiger partial charge in [0.05, 0.1) is 6.54 Å². The molecule has 166 valence electrons. The van der Waals surface area contributed by atoms with E-state index in [0.717, 1.165) is 12.8 Å². The van der Waals surface area contributed by atoms with Crippen LogP contribution in [-0.4, -0.2) is 29.5 Å². The van der Waals surface area contributed by atoms with Gasteiger partial charge < -0.3 is 15.4 Å². The van der Waals surface area contributed by atoms with Gasteiger partial charge in [-0.1, -0.05) is 90.0 Å². The first-order valence-electron chi connectivity index (χ1n) is 11.7. The van der Waals surface area contributed by atoms with E-state index in [4.69, 9.17) is 10.5 Å². The molecule has 29 heavy (non-hydrogen) atoms. The fourth-order valence-corrected chi connectivity index (χ4v) is 3.59. The second-order valence-electron chi connectivity index (χ2n) is 8.15. The lowest BCUT2D eigenvalue weighted by Gasteiger charge is -2.29. The van der Waals surface area contributed by atoms with Gasteiger partial charge in [-0.05, 0) is 19.4 Å². The molecular formula is C24H42N2O3. The predicted octanol–water partition coefficient (Wildman–Crippen LogP) is 5.60. The summed E-state index contributed by atoms with van der Waals surface area (Å²) < 4.78 is 5.48. The molecule has 2 N–H and O–H groups in total. The van der Waals surface area contributed by atoms with Gasteiger partial charge in [0.25, 0.3) is 0 Å². The molecule has 0 bridgehead atoms. The SMILES string of the molecule is CCCCCCCCCCCCCCCC(=O)OC(C)N1C=CC=C(C(N)=O)C1. The van der Waals surface area contributed by atoms with Crippen LogP contribution >= 0.6 is 0 Å². The highest BCUT2D eigenvalue weighted by Gasteiger charge is 2.19. The maximum Gasteiger partial charge on any atom is 0.307 e. The summed E-state index contributed by atoms with van der Waals surface area (Å²) in [5.74, 6) is -0.617. The highest BCUT2D eigenvalue weighted by Crippen LogP contribution is 2.15. The van der Waals surface area contributed by atoms with Crippen LogP contribution in [0.1, 0.15) is 104 Å². The quantitative estimate of drug-likeness (QED) is 0.252. The van der Waals surface area contributed by atoms with Crippen LogP contribution < -0.4 is 5.73 Å². The molecule has 5 heteroatoms. The van der Waals surface area contributed by atoms with Gasteiger partial charge in [-0.2, -0.15) is 0 Å². The molecule has 0 fully saturated rings. The number of allylic oxidation sites excluding steroid dienone is 2. The van der Waals surface area contributed by atoms with Crippen molar-refractivity contribution in [1.82, 2.24) is 4.90 Å². The number of hydrogen-bond donors (Lipinski definition) is 1. The number of carbonyl (C=O) groups excluding carboxylic acids is 2. The summed E-state index contributed by atoms with van der Waals surface area (Å²) in [6.07, 6.45) is 22.1. The molecule has 5 nitrogen and oxygen atoms in total. The minimum atomic E-state index is -0.440. The highest BCUT2D eigenvalue weighted by molar-refractivity contribution is 5.92. The third-order valence-electron chi connectivity index (χ3n) is 5.50. The average molecular weight is 407 g/mol. The van der Waals surface area contributed by atoms with E-state index in [-0.39, 0.29) is 5.97 Å². The molecule has 1 amide bonds. The van der Waals surface area contributed by atoms with Crippen molar-refractivity contribution in [2.75, 3.05) is 6.54 Å². The van der Waals surface area contributed by atoms with Gasteiger partial charge in [-0.25, -0.2) is 0 Å². The number of amides is 1. The molecule has 1 atom stereocenters. The number of carbonyl (C=O) groups is 2. The van der Waals surface area contributed by atoms with Crippen molar-refractivity contribution in [1.29, 1.82) is 0 Å². The zero-order chi connectivity index (χ0) is 21.3. The Bertz CT molecular complexity index is 528. The lowest BCUT2D eigenvalue weighted by atomic mass is 10.0. The maximum atomic E-state index is 12.0. The number of ether oxygens (including phenoxy) is 1. The van der Waals surface area contributed by atoms with Crippen molar-refractivity contribution in [2.45, 2.75) is 110 Å². The first kappa shape index (κ1) is 25.3. The lowest BCUT2D eigenvalue weighted by Crippen LogP contribution is -2.37. The van der Waals surface area contributed by atoms with Gasteiger partial charge in [0.1, 0.15) is 0 Å². The zero-order valence-corrected chi connectivity index (χ0v) is 18.7. The van der Waals surface area contributed by atoms with Gasteiger partial charge in [-0.15, -0.1) is 0 Å². The van der Waals surface area contributed by atoms with E-state index in [1.807, 2.05) is 18.0 Å². The van der Waals surface area contributed by atoms with Crippen molar-refractivity contribution in [2.24, 2.45) is 5.73 Å². The van der Waals surface area contributed by atoms with Crippen molar-refractivity contribution in [3.05, 3.63) is 23.9 Å². The molecule has 0 aliphatic carbocycles. The summed E-state index contributed by atoms with van der Waals surface area (Å²) in [5.41, 5.74) is 5.84. The van der Waals surface area contributed by atoms with E-state index < -0.39 is 12.1 Å². The Morgan fingerprint density at radius 1 is 0.966 bits per heavy atom. The van der Waals surface area contributed by atoms with Crippen LogP contribution in [0, 0.1) is 0 Å². The minimum absolute atomic E-state index is 0.177. The van der Waals surface area contributed by atoms with E-state index >= 15 is 0 Å². The van der Waals surface area contributed by atoms with Gasteiger partial charge in [0, 0.05) is 18.2 Å². The van der Waals surface area contributed by atoms with Crippen LogP contribution in [0.4, 0.5) is 0 Å². The Kier molecular flexibility index (Phi) is 14.0. The molecule has 1 rings (SSSR count). The molecule has 0 saturated carbocycles. The number of unbranched alkanes of at least 4 members (excludes halogenated alkanes) is 12. The summed E-state index contributed by atoms with van der Waals surface area (Å²) >= 11 is 0. The molecule has 0 aromatic carbocycles. The summed E-state index contributed by atoms with van der Waals surface area (Å²) in [6.45, 7) is 4.45. The standard InChI is InChI=1S/C24H42N2O3/c1-3-4-5-6-7-8-9-10-11-12-13-14-15-18-23(27)29-21(2)26-19-16-17-22(20-26)24(25)28/h16-17,19,21H,3-15,18,20H2,1-2H3,(H2,25,28). The third-order valence-corrected chi connectivity index (χ3v) is 5.50. The molecular weight excluding hydrogens is 364 g/mol. The first-order chi connectivity index (χ1) is 14.0. The Hall–Kier alpha value is -1.78. The number of rotatable bonds is 17. The van der Waals surface area contributed by atoms with E-state index in [1.54, 1.807) is 12.2 Å². The maximum absolute atomic E-state index is 12.0. The van der Waals surface area contributed by atoms with E-state index in [0.29, 0.717) is 18.5 Å². The van der Waals surface area contributed by atoms with Gasteiger partial charge in [0.2, 0.25) is 5.91 Å². The van der Waals surface area contributed by atoms with Gasteiger partial charge in [0.15, 0.2) is 6.23 Å². The monoisotopic (exact) mass is 406 g/mol. The molecule has 1 aliphatic rings. The normalized spacial score (nSPS) is 14.6. The Morgan fingerprint density at radius 3 is 2.00 bits per heavy atom. The van der Waals surface area contributed by atoms with Gasteiger partial charge in [-0.3, -0.25) is 9.59 Å². The molecule has 1 aliphatic heterocycles. The molecule has 0 aromatic rings. The predicted molar refractivity (Wildman–Crippen MR) is 119 cm³/mol. The van der Waals surface area contributed by atoms with E-state index in [2.05, 4.69) is 6.92 Å². The molecule has 0 spiro atoms. The number of primary amides is 1.